The van der Waals surface area contributed by atoms with Gasteiger partial charge in [0.1, 0.15) is 0 Å². The van der Waals surface area contributed by atoms with Gasteiger partial charge in [0.15, 0.2) is 5.65 Å². The first-order chi connectivity index (χ1) is 15.5. The fourth-order valence-electron chi connectivity index (χ4n) is 3.37. The van der Waals surface area contributed by atoms with E-state index in [-0.39, 0.29) is 11.9 Å². The van der Waals surface area contributed by atoms with Crippen molar-refractivity contribution in [1.29, 1.82) is 5.26 Å². The monoisotopic (exact) mass is 461 g/mol. The van der Waals surface area contributed by atoms with Gasteiger partial charge in [0.05, 0.1) is 39.5 Å². The fourth-order valence-corrected chi connectivity index (χ4v) is 5.07. The Kier molecular flexibility index (Phi) is 6.58. The van der Waals surface area contributed by atoms with Crippen LogP contribution in [0, 0.1) is 18.3 Å². The number of amides is 1. The molecule has 0 bridgehead atoms. The summed E-state index contributed by atoms with van der Waals surface area (Å²) in [5, 5.41) is 17.1. The van der Waals surface area contributed by atoms with Crippen molar-refractivity contribution >= 4 is 45.7 Å². The van der Waals surface area contributed by atoms with E-state index in [0.29, 0.717) is 23.4 Å². The Labute approximate surface area is 195 Å². The maximum Gasteiger partial charge on any atom is 0.256 e. The summed E-state index contributed by atoms with van der Waals surface area (Å²) in [6, 6.07) is 15.9. The van der Waals surface area contributed by atoms with Crippen molar-refractivity contribution < 1.29 is 4.79 Å². The number of fused-ring (bicyclic) bond motifs is 1. The molecule has 4 rings (SSSR count). The molecule has 3 aromatic heterocycles. The van der Waals surface area contributed by atoms with Gasteiger partial charge < -0.3 is 5.32 Å². The maximum absolute atomic E-state index is 13.4. The van der Waals surface area contributed by atoms with Crippen molar-refractivity contribution in [3.05, 3.63) is 59.1 Å². The van der Waals surface area contributed by atoms with Gasteiger partial charge in [-0.25, -0.2) is 9.67 Å². The van der Waals surface area contributed by atoms with Crippen LogP contribution in [0.2, 0.25) is 0 Å². The summed E-state index contributed by atoms with van der Waals surface area (Å²) in [7, 11) is 0. The Balaban J connectivity index is 1.75. The molecule has 6 nitrogen and oxygen atoms in total. The molecule has 0 atom stereocenters. The summed E-state index contributed by atoms with van der Waals surface area (Å²) in [5.74, 6) is 0.468. The van der Waals surface area contributed by atoms with E-state index in [4.69, 9.17) is 10.2 Å². The zero-order valence-corrected chi connectivity index (χ0v) is 19.8. The molecule has 0 spiro atoms. The summed E-state index contributed by atoms with van der Waals surface area (Å²) >= 11 is 3.21. The van der Waals surface area contributed by atoms with Crippen LogP contribution < -0.4 is 5.32 Å². The van der Waals surface area contributed by atoms with Gasteiger partial charge in [-0.05, 0) is 51.1 Å². The zero-order chi connectivity index (χ0) is 22.7. The number of thioether (sulfide) groups is 1. The standard InChI is InChI=1S/C24H23N5OS2/c1-15(2)29-23-18(14-26-29)17(13-20(27-23)22-10-9-16(3)32-22)24(30)28-19-7-4-5-8-21(19)31-12-6-11-25/h4-5,7-10,13-15H,6,12H2,1-3H3,(H,28,30). The molecule has 0 aliphatic heterocycles. The number of aryl methyl sites for hydroxylation is 1. The van der Waals surface area contributed by atoms with Crippen molar-refractivity contribution in [2.24, 2.45) is 0 Å². The van der Waals surface area contributed by atoms with E-state index < -0.39 is 0 Å². The molecule has 0 unspecified atom stereocenters. The largest absolute Gasteiger partial charge is 0.321 e. The zero-order valence-electron chi connectivity index (χ0n) is 18.1. The number of aromatic nitrogens is 3. The molecule has 0 radical (unpaired) electrons. The number of pyridine rings is 1. The number of para-hydroxylation sites is 1. The number of nitriles is 1. The summed E-state index contributed by atoms with van der Waals surface area (Å²) < 4.78 is 1.85. The second-order valence-electron chi connectivity index (χ2n) is 7.59. The van der Waals surface area contributed by atoms with E-state index in [1.165, 1.54) is 4.88 Å². The van der Waals surface area contributed by atoms with Gasteiger partial charge in [-0.1, -0.05) is 12.1 Å². The normalized spacial score (nSPS) is 11.1. The smallest absolute Gasteiger partial charge is 0.256 e. The van der Waals surface area contributed by atoms with Crippen LogP contribution in [0.15, 0.2) is 53.6 Å². The van der Waals surface area contributed by atoms with E-state index in [1.54, 1.807) is 29.3 Å². The van der Waals surface area contributed by atoms with Gasteiger partial charge >= 0.3 is 0 Å². The average molecular weight is 462 g/mol. The fraction of sp³-hybridized carbons (Fsp3) is 0.250. The van der Waals surface area contributed by atoms with Crippen LogP contribution in [0.4, 0.5) is 5.69 Å². The number of rotatable bonds is 7. The van der Waals surface area contributed by atoms with Crippen LogP contribution in [0.25, 0.3) is 21.6 Å². The molecule has 0 fully saturated rings. The Morgan fingerprint density at radius 3 is 2.81 bits per heavy atom. The van der Waals surface area contributed by atoms with Gasteiger partial charge in [0.2, 0.25) is 0 Å². The molecule has 0 saturated heterocycles. The molecule has 32 heavy (non-hydrogen) atoms. The minimum Gasteiger partial charge on any atom is -0.321 e. The molecule has 1 N–H and O–H groups in total. The quantitative estimate of drug-likeness (QED) is 0.258. The first kappa shape index (κ1) is 22.1. The van der Waals surface area contributed by atoms with E-state index in [0.717, 1.165) is 26.5 Å². The first-order valence-corrected chi connectivity index (χ1v) is 12.1. The second-order valence-corrected chi connectivity index (χ2v) is 10.0. The van der Waals surface area contributed by atoms with E-state index in [9.17, 15) is 4.79 Å². The Morgan fingerprint density at radius 1 is 1.28 bits per heavy atom. The van der Waals surface area contributed by atoms with Crippen LogP contribution in [0.3, 0.4) is 0 Å². The number of thiophene rings is 1. The summed E-state index contributed by atoms with van der Waals surface area (Å²) in [6.07, 6.45) is 2.17. The van der Waals surface area contributed by atoms with Crippen LogP contribution in [0.1, 0.15) is 41.5 Å². The number of carbonyl (C=O) groups is 1. The maximum atomic E-state index is 13.4. The Morgan fingerprint density at radius 2 is 2.09 bits per heavy atom. The highest BCUT2D eigenvalue weighted by atomic mass is 32.2. The number of hydrogen-bond donors (Lipinski definition) is 1. The lowest BCUT2D eigenvalue weighted by Gasteiger charge is -2.12. The van der Waals surface area contributed by atoms with Crippen molar-refractivity contribution in [3.8, 4) is 16.6 Å². The number of carbonyl (C=O) groups excluding carboxylic acids is 1. The summed E-state index contributed by atoms with van der Waals surface area (Å²) in [4.78, 5) is 21.4. The number of hydrogen-bond acceptors (Lipinski definition) is 6. The summed E-state index contributed by atoms with van der Waals surface area (Å²) in [6.45, 7) is 6.15. The van der Waals surface area contributed by atoms with Crippen molar-refractivity contribution in [2.75, 3.05) is 11.1 Å². The number of benzene rings is 1. The minimum absolute atomic E-state index is 0.119. The lowest BCUT2D eigenvalue weighted by molar-refractivity contribution is 0.102. The van der Waals surface area contributed by atoms with Gasteiger partial charge in [-0.2, -0.15) is 10.4 Å². The highest BCUT2D eigenvalue weighted by Crippen LogP contribution is 2.32. The average Bonchev–Trinajstić information content (AvgIpc) is 3.40. The lowest BCUT2D eigenvalue weighted by Crippen LogP contribution is -2.14. The summed E-state index contributed by atoms with van der Waals surface area (Å²) in [5.41, 5.74) is 2.74. The molecule has 8 heteroatoms. The van der Waals surface area contributed by atoms with Crippen molar-refractivity contribution in [3.63, 3.8) is 0 Å². The van der Waals surface area contributed by atoms with Crippen molar-refractivity contribution in [1.82, 2.24) is 14.8 Å². The van der Waals surface area contributed by atoms with Crippen molar-refractivity contribution in [2.45, 2.75) is 38.1 Å². The van der Waals surface area contributed by atoms with Gasteiger partial charge in [-0.3, -0.25) is 4.79 Å². The molecule has 0 aliphatic carbocycles. The minimum atomic E-state index is -0.205. The molecule has 1 aromatic carbocycles. The predicted molar refractivity (Wildman–Crippen MR) is 131 cm³/mol. The highest BCUT2D eigenvalue weighted by Gasteiger charge is 2.20. The predicted octanol–water partition coefficient (Wildman–Crippen LogP) is 6.31. The molecule has 0 aliphatic rings. The molecule has 162 valence electrons. The lowest BCUT2D eigenvalue weighted by atomic mass is 10.1. The van der Waals surface area contributed by atoms with Gasteiger partial charge in [0.25, 0.3) is 5.91 Å². The Hall–Kier alpha value is -3.15. The van der Waals surface area contributed by atoms with Crippen LogP contribution >= 0.6 is 23.1 Å². The first-order valence-electron chi connectivity index (χ1n) is 10.3. The van der Waals surface area contributed by atoms with E-state index in [1.807, 2.05) is 54.9 Å². The third kappa shape index (κ3) is 4.54. The van der Waals surface area contributed by atoms with Crippen LogP contribution in [-0.2, 0) is 0 Å². The SMILES string of the molecule is Cc1ccc(-c2cc(C(=O)Nc3ccccc3SCCC#N)c3cnn(C(C)C)c3n2)s1. The molecule has 4 aromatic rings. The molecular weight excluding hydrogens is 438 g/mol. The van der Waals surface area contributed by atoms with E-state index in [2.05, 4.69) is 29.5 Å². The number of nitrogens with zero attached hydrogens (tertiary/aromatic N) is 4. The molecular formula is C24H23N5OS2. The number of anilines is 1. The van der Waals surface area contributed by atoms with E-state index >= 15 is 0 Å². The second kappa shape index (κ2) is 9.55. The molecule has 0 saturated carbocycles. The van der Waals surface area contributed by atoms with Gasteiger partial charge in [-0.15, -0.1) is 23.1 Å². The Bertz CT molecular complexity index is 1320. The number of nitrogens with one attached hydrogen (secondary N) is 1. The van der Waals surface area contributed by atoms with Crippen LogP contribution in [0.5, 0.6) is 0 Å². The van der Waals surface area contributed by atoms with Gasteiger partial charge in [0, 0.05) is 28.0 Å². The highest BCUT2D eigenvalue weighted by molar-refractivity contribution is 7.99. The van der Waals surface area contributed by atoms with Crippen LogP contribution in [-0.4, -0.2) is 26.4 Å². The topological polar surface area (TPSA) is 83.6 Å². The third-order valence-corrected chi connectivity index (χ3v) is 7.00. The molecule has 1 amide bonds. The third-order valence-electron chi connectivity index (χ3n) is 4.90. The molecule has 3 heterocycles.